The Morgan fingerprint density at radius 2 is 1.62 bits per heavy atom. The molecule has 2 rings (SSSR count). The molecular formula is C10H19ClN2O2S. The fourth-order valence-corrected chi connectivity index (χ4v) is 4.33. The molecule has 0 saturated carbocycles. The van der Waals surface area contributed by atoms with E-state index in [1.165, 1.54) is 4.31 Å². The molecular weight excluding hydrogens is 248 g/mol. The Morgan fingerprint density at radius 3 is 2.12 bits per heavy atom. The third-order valence-electron chi connectivity index (χ3n) is 3.49. The second kappa shape index (κ2) is 4.80. The van der Waals surface area contributed by atoms with Crippen LogP contribution in [0.5, 0.6) is 0 Å². The zero-order valence-corrected chi connectivity index (χ0v) is 11.2. The smallest absolute Gasteiger partial charge is 0.195 e. The summed E-state index contributed by atoms with van der Waals surface area (Å²) in [6, 6.07) is 0. The van der Waals surface area contributed by atoms with Crippen LogP contribution in [0.2, 0.25) is 0 Å². The number of hydrogen-bond acceptors (Lipinski definition) is 2. The van der Waals surface area contributed by atoms with E-state index in [1.54, 1.807) is 4.31 Å². The van der Waals surface area contributed by atoms with E-state index in [1.807, 2.05) is 0 Å². The number of piperidine rings is 1. The molecule has 2 saturated heterocycles. The minimum absolute atomic E-state index is 0.0153. The molecule has 16 heavy (non-hydrogen) atoms. The van der Waals surface area contributed by atoms with Gasteiger partial charge in [0.15, 0.2) is 0 Å². The SMILES string of the molecule is CC1CCN(S(=O)(=O)N2CCC(Cl)C2)CC1. The van der Waals surface area contributed by atoms with Gasteiger partial charge in [0.05, 0.1) is 0 Å². The second-order valence-electron chi connectivity index (χ2n) is 4.83. The molecule has 94 valence electrons. The number of nitrogens with zero attached hydrogens (tertiary/aromatic N) is 2. The summed E-state index contributed by atoms with van der Waals surface area (Å²) >= 11 is 5.95. The van der Waals surface area contributed by atoms with Gasteiger partial charge in [-0.1, -0.05) is 6.92 Å². The zero-order chi connectivity index (χ0) is 11.8. The van der Waals surface area contributed by atoms with E-state index in [4.69, 9.17) is 11.6 Å². The summed E-state index contributed by atoms with van der Waals surface area (Å²) in [6.45, 7) is 4.53. The summed E-state index contributed by atoms with van der Waals surface area (Å²) in [4.78, 5) is 0. The first-order chi connectivity index (χ1) is 7.50. The molecule has 6 heteroatoms. The monoisotopic (exact) mass is 266 g/mol. The van der Waals surface area contributed by atoms with Gasteiger partial charge in [-0.05, 0) is 25.2 Å². The maximum atomic E-state index is 12.2. The summed E-state index contributed by atoms with van der Waals surface area (Å²) in [5.41, 5.74) is 0. The van der Waals surface area contributed by atoms with Gasteiger partial charge in [0.1, 0.15) is 0 Å². The van der Waals surface area contributed by atoms with Gasteiger partial charge in [-0.25, -0.2) is 0 Å². The Hall–Kier alpha value is 0.160. The van der Waals surface area contributed by atoms with Crippen molar-refractivity contribution in [2.24, 2.45) is 5.92 Å². The predicted molar refractivity (Wildman–Crippen MR) is 64.7 cm³/mol. The highest BCUT2D eigenvalue weighted by Crippen LogP contribution is 2.24. The first kappa shape index (κ1) is 12.6. The first-order valence-electron chi connectivity index (χ1n) is 5.89. The van der Waals surface area contributed by atoms with Crippen LogP contribution in [0.4, 0.5) is 0 Å². The standard InChI is InChI=1S/C10H19ClN2O2S/c1-9-2-5-12(6-3-9)16(14,15)13-7-4-10(11)8-13/h9-10H,2-8H2,1H3. The predicted octanol–water partition coefficient (Wildman–Crippen LogP) is 1.28. The highest BCUT2D eigenvalue weighted by molar-refractivity contribution is 7.86. The number of rotatable bonds is 2. The third-order valence-corrected chi connectivity index (χ3v) is 5.85. The molecule has 0 radical (unpaired) electrons. The Kier molecular flexibility index (Phi) is 3.79. The van der Waals surface area contributed by atoms with E-state index in [2.05, 4.69) is 6.92 Å². The van der Waals surface area contributed by atoms with E-state index in [0.717, 1.165) is 19.3 Å². The average Bonchev–Trinajstić information content (AvgIpc) is 2.66. The first-order valence-corrected chi connectivity index (χ1v) is 7.73. The minimum atomic E-state index is -3.24. The molecule has 4 nitrogen and oxygen atoms in total. The van der Waals surface area contributed by atoms with Gasteiger partial charge in [0.25, 0.3) is 10.2 Å². The van der Waals surface area contributed by atoms with Crippen LogP contribution in [-0.2, 0) is 10.2 Å². The number of alkyl halides is 1. The van der Waals surface area contributed by atoms with Crippen LogP contribution in [0.15, 0.2) is 0 Å². The summed E-state index contributed by atoms with van der Waals surface area (Å²) in [7, 11) is -3.24. The lowest BCUT2D eigenvalue weighted by Gasteiger charge is -2.32. The Labute approximate surface area is 103 Å². The molecule has 0 N–H and O–H groups in total. The van der Waals surface area contributed by atoms with Gasteiger partial charge in [-0.15, -0.1) is 11.6 Å². The van der Waals surface area contributed by atoms with Crippen LogP contribution in [0, 0.1) is 5.92 Å². The van der Waals surface area contributed by atoms with Gasteiger partial charge in [-0.3, -0.25) is 0 Å². The Balaban J connectivity index is 2.02. The summed E-state index contributed by atoms with van der Waals surface area (Å²) < 4.78 is 27.6. The van der Waals surface area contributed by atoms with Crippen molar-refractivity contribution < 1.29 is 8.42 Å². The third kappa shape index (κ3) is 2.53. The molecule has 2 heterocycles. The molecule has 0 aromatic rings. The lowest BCUT2D eigenvalue weighted by Crippen LogP contribution is -2.46. The molecule has 1 atom stereocenters. The molecule has 0 amide bonds. The molecule has 2 fully saturated rings. The minimum Gasteiger partial charge on any atom is -0.195 e. The lowest BCUT2D eigenvalue weighted by atomic mass is 10.0. The number of halogens is 1. The molecule has 0 aliphatic carbocycles. The molecule has 0 aromatic heterocycles. The molecule has 0 spiro atoms. The lowest BCUT2D eigenvalue weighted by molar-refractivity contribution is 0.270. The zero-order valence-electron chi connectivity index (χ0n) is 9.60. The summed E-state index contributed by atoms with van der Waals surface area (Å²) in [5, 5.41) is -0.0153. The quantitative estimate of drug-likeness (QED) is 0.707. The van der Waals surface area contributed by atoms with Crippen LogP contribution in [0.1, 0.15) is 26.2 Å². The normalized spacial score (nSPS) is 31.0. The molecule has 0 aromatic carbocycles. The molecule has 1 unspecified atom stereocenters. The molecule has 0 bridgehead atoms. The average molecular weight is 267 g/mol. The van der Waals surface area contributed by atoms with Gasteiger partial charge in [-0.2, -0.15) is 17.0 Å². The highest BCUT2D eigenvalue weighted by atomic mass is 35.5. The summed E-state index contributed by atoms with van der Waals surface area (Å²) in [6.07, 6.45) is 2.71. The maximum Gasteiger partial charge on any atom is 0.282 e. The van der Waals surface area contributed by atoms with Crippen LogP contribution in [-0.4, -0.2) is 48.6 Å². The van der Waals surface area contributed by atoms with Crippen LogP contribution in [0.25, 0.3) is 0 Å². The van der Waals surface area contributed by atoms with E-state index in [-0.39, 0.29) is 5.38 Å². The van der Waals surface area contributed by atoms with Crippen LogP contribution in [0.3, 0.4) is 0 Å². The number of hydrogen-bond donors (Lipinski definition) is 0. The van der Waals surface area contributed by atoms with E-state index in [0.29, 0.717) is 32.1 Å². The van der Waals surface area contributed by atoms with Crippen molar-refractivity contribution in [1.29, 1.82) is 0 Å². The second-order valence-corrected chi connectivity index (χ2v) is 7.38. The molecule has 2 aliphatic heterocycles. The van der Waals surface area contributed by atoms with E-state index in [9.17, 15) is 8.42 Å². The van der Waals surface area contributed by atoms with Crippen LogP contribution >= 0.6 is 11.6 Å². The highest BCUT2D eigenvalue weighted by Gasteiger charge is 2.36. The Morgan fingerprint density at radius 1 is 1.06 bits per heavy atom. The van der Waals surface area contributed by atoms with Crippen molar-refractivity contribution in [3.8, 4) is 0 Å². The van der Waals surface area contributed by atoms with Gasteiger partial charge >= 0.3 is 0 Å². The van der Waals surface area contributed by atoms with Crippen molar-refractivity contribution in [3.63, 3.8) is 0 Å². The van der Waals surface area contributed by atoms with Crippen molar-refractivity contribution in [3.05, 3.63) is 0 Å². The van der Waals surface area contributed by atoms with E-state index < -0.39 is 10.2 Å². The van der Waals surface area contributed by atoms with E-state index >= 15 is 0 Å². The largest absolute Gasteiger partial charge is 0.282 e. The summed E-state index contributed by atoms with van der Waals surface area (Å²) in [5.74, 6) is 0.644. The maximum absolute atomic E-state index is 12.2. The van der Waals surface area contributed by atoms with Crippen molar-refractivity contribution in [2.75, 3.05) is 26.2 Å². The topological polar surface area (TPSA) is 40.6 Å². The van der Waals surface area contributed by atoms with Crippen molar-refractivity contribution in [2.45, 2.75) is 31.6 Å². The fraction of sp³-hybridized carbons (Fsp3) is 1.00. The van der Waals surface area contributed by atoms with Gasteiger partial charge < -0.3 is 0 Å². The fourth-order valence-electron chi connectivity index (χ4n) is 2.28. The molecule has 2 aliphatic rings. The van der Waals surface area contributed by atoms with Gasteiger partial charge in [0.2, 0.25) is 0 Å². The van der Waals surface area contributed by atoms with Gasteiger partial charge in [0, 0.05) is 31.6 Å². The van der Waals surface area contributed by atoms with Crippen molar-refractivity contribution in [1.82, 2.24) is 8.61 Å². The van der Waals surface area contributed by atoms with Crippen molar-refractivity contribution >= 4 is 21.8 Å². The Bertz CT molecular complexity index is 339. The van der Waals surface area contributed by atoms with Crippen LogP contribution < -0.4 is 0 Å².